The van der Waals surface area contributed by atoms with Crippen molar-refractivity contribution in [2.45, 2.75) is 50.6 Å². The van der Waals surface area contributed by atoms with Gasteiger partial charge in [-0.05, 0) is 43.9 Å². The van der Waals surface area contributed by atoms with E-state index in [0.717, 1.165) is 0 Å². The highest BCUT2D eigenvalue weighted by molar-refractivity contribution is 6.07. The first-order valence-corrected chi connectivity index (χ1v) is 11.3. The van der Waals surface area contributed by atoms with Crippen LogP contribution in [0.4, 0.5) is 4.79 Å². The fourth-order valence-electron chi connectivity index (χ4n) is 4.96. The zero-order valence-electron chi connectivity index (χ0n) is 18.6. The predicted molar refractivity (Wildman–Crippen MR) is 116 cm³/mol. The highest BCUT2D eigenvalue weighted by Crippen LogP contribution is 2.33. The minimum Gasteiger partial charge on any atom is -0.497 e. The molecule has 172 valence electrons. The van der Waals surface area contributed by atoms with E-state index in [0.29, 0.717) is 69.6 Å². The third kappa shape index (κ3) is 3.91. The molecule has 1 N–H and O–H groups in total. The maximum absolute atomic E-state index is 13.4. The second-order valence-electron chi connectivity index (χ2n) is 8.70. The van der Waals surface area contributed by atoms with Crippen LogP contribution in [0.2, 0.25) is 0 Å². The number of amides is 5. The summed E-state index contributed by atoms with van der Waals surface area (Å²) >= 11 is 0. The molecule has 4 rings (SSSR count). The number of hydrogen-bond acceptors (Lipinski definition) is 5. The van der Waals surface area contributed by atoms with Crippen molar-refractivity contribution in [3.05, 3.63) is 29.8 Å². The average molecular weight is 443 g/mol. The fraction of sp³-hybridized carbons (Fsp3) is 0.565. The molecule has 0 saturated carbocycles. The molecule has 0 aliphatic carbocycles. The van der Waals surface area contributed by atoms with Crippen LogP contribution in [0.5, 0.6) is 5.75 Å². The van der Waals surface area contributed by atoms with Gasteiger partial charge in [-0.2, -0.15) is 0 Å². The number of piperidine rings is 2. The quantitative estimate of drug-likeness (QED) is 0.715. The van der Waals surface area contributed by atoms with Crippen LogP contribution in [-0.2, 0) is 9.59 Å². The summed E-state index contributed by atoms with van der Waals surface area (Å²) in [6.45, 7) is 3.62. The zero-order chi connectivity index (χ0) is 22.9. The molecule has 1 spiro atoms. The lowest BCUT2D eigenvalue weighted by molar-refractivity contribution is -0.139. The average Bonchev–Trinajstić information content (AvgIpc) is 3.07. The Labute approximate surface area is 187 Å². The van der Waals surface area contributed by atoms with Crippen LogP contribution >= 0.6 is 0 Å². The zero-order valence-corrected chi connectivity index (χ0v) is 18.6. The van der Waals surface area contributed by atoms with Gasteiger partial charge in [0.15, 0.2) is 0 Å². The molecule has 0 unspecified atom stereocenters. The molecule has 3 saturated heterocycles. The van der Waals surface area contributed by atoms with Gasteiger partial charge in [-0.1, -0.05) is 13.0 Å². The Morgan fingerprint density at radius 2 is 1.91 bits per heavy atom. The van der Waals surface area contributed by atoms with Crippen molar-refractivity contribution in [2.24, 2.45) is 0 Å². The molecule has 1 aromatic rings. The van der Waals surface area contributed by atoms with Gasteiger partial charge in [0.1, 0.15) is 11.3 Å². The molecule has 9 heteroatoms. The number of carbonyl (C=O) groups is 4. The summed E-state index contributed by atoms with van der Waals surface area (Å²) in [6, 6.07) is 6.22. The Kier molecular flexibility index (Phi) is 6.08. The third-order valence-corrected chi connectivity index (χ3v) is 6.83. The molecule has 3 heterocycles. The van der Waals surface area contributed by atoms with Crippen LogP contribution in [-0.4, -0.2) is 83.3 Å². The van der Waals surface area contributed by atoms with E-state index in [1.165, 1.54) is 4.90 Å². The summed E-state index contributed by atoms with van der Waals surface area (Å²) < 4.78 is 5.21. The number of methoxy groups -OCH3 is 1. The Balaban J connectivity index is 1.45. The second kappa shape index (κ2) is 8.80. The van der Waals surface area contributed by atoms with Crippen LogP contribution in [0.15, 0.2) is 24.3 Å². The normalized spacial score (nSPS) is 22.8. The van der Waals surface area contributed by atoms with Gasteiger partial charge in [-0.15, -0.1) is 0 Å². The Hall–Kier alpha value is -3.10. The smallest absolute Gasteiger partial charge is 0.325 e. The first kappa shape index (κ1) is 22.1. The minimum absolute atomic E-state index is 0.0625. The number of urea groups is 1. The fourth-order valence-corrected chi connectivity index (χ4v) is 4.96. The largest absolute Gasteiger partial charge is 0.497 e. The van der Waals surface area contributed by atoms with E-state index in [4.69, 9.17) is 4.74 Å². The van der Waals surface area contributed by atoms with Crippen LogP contribution in [0.3, 0.4) is 0 Å². The molecule has 9 nitrogen and oxygen atoms in total. The molecule has 3 aliphatic heterocycles. The molecule has 1 aromatic carbocycles. The summed E-state index contributed by atoms with van der Waals surface area (Å²) in [5, 5.41) is 2.91. The Morgan fingerprint density at radius 3 is 2.59 bits per heavy atom. The summed E-state index contributed by atoms with van der Waals surface area (Å²) in [7, 11) is 1.55. The highest BCUT2D eigenvalue weighted by Gasteiger charge is 2.54. The summed E-state index contributed by atoms with van der Waals surface area (Å²) in [4.78, 5) is 56.0. The minimum atomic E-state index is -0.944. The van der Waals surface area contributed by atoms with Crippen molar-refractivity contribution in [3.63, 3.8) is 0 Å². The van der Waals surface area contributed by atoms with E-state index in [1.54, 1.807) is 41.2 Å². The SMILES string of the molecule is CCC(=O)N1CCC2(CC1)NC(=O)N([C@@H]1CCCN(C(=O)c3cccc(OC)c3)C1)C2=O. The number of benzene rings is 1. The van der Waals surface area contributed by atoms with Gasteiger partial charge in [-0.3, -0.25) is 19.3 Å². The van der Waals surface area contributed by atoms with E-state index >= 15 is 0 Å². The summed E-state index contributed by atoms with van der Waals surface area (Å²) in [6.07, 6.45) is 2.64. The lowest BCUT2D eigenvalue weighted by atomic mass is 9.87. The first-order chi connectivity index (χ1) is 15.4. The topological polar surface area (TPSA) is 99.3 Å². The molecular formula is C23H30N4O5. The van der Waals surface area contributed by atoms with E-state index < -0.39 is 11.6 Å². The van der Waals surface area contributed by atoms with Crippen LogP contribution in [0.1, 0.15) is 49.4 Å². The lowest BCUT2D eigenvalue weighted by Crippen LogP contribution is -2.57. The maximum Gasteiger partial charge on any atom is 0.325 e. The van der Waals surface area contributed by atoms with Gasteiger partial charge in [0, 0.05) is 38.2 Å². The molecule has 3 fully saturated rings. The first-order valence-electron chi connectivity index (χ1n) is 11.3. The molecule has 0 bridgehead atoms. The Bertz CT molecular complexity index is 925. The van der Waals surface area contributed by atoms with Gasteiger partial charge in [0.2, 0.25) is 5.91 Å². The highest BCUT2D eigenvalue weighted by atomic mass is 16.5. The molecule has 32 heavy (non-hydrogen) atoms. The molecule has 1 atom stereocenters. The van der Waals surface area contributed by atoms with Crippen LogP contribution in [0, 0.1) is 0 Å². The molecule has 5 amide bonds. The molecule has 3 aliphatic rings. The van der Waals surface area contributed by atoms with E-state index in [9.17, 15) is 19.2 Å². The number of nitrogens with zero attached hydrogens (tertiary/aromatic N) is 3. The predicted octanol–water partition coefficient (Wildman–Crippen LogP) is 1.62. The van der Waals surface area contributed by atoms with Gasteiger partial charge >= 0.3 is 6.03 Å². The number of ether oxygens (including phenoxy) is 1. The van der Waals surface area contributed by atoms with E-state index in [1.807, 2.05) is 6.92 Å². The van der Waals surface area contributed by atoms with Crippen molar-refractivity contribution in [1.29, 1.82) is 0 Å². The standard InChI is InChI=1S/C23H30N4O5/c1-3-19(28)25-12-9-23(10-13-25)21(30)27(22(31)24-23)17-7-5-11-26(15-17)20(29)16-6-4-8-18(14-16)32-2/h4,6,8,14,17H,3,5,7,9-13,15H2,1-2H3,(H,24,31)/t17-/m1/s1. The third-order valence-electron chi connectivity index (χ3n) is 6.83. The van der Waals surface area contributed by atoms with Gasteiger partial charge in [0.25, 0.3) is 11.8 Å². The number of carbonyl (C=O) groups excluding carboxylic acids is 4. The molecule has 0 radical (unpaired) electrons. The summed E-state index contributed by atoms with van der Waals surface area (Å²) in [5.41, 5.74) is -0.424. The number of likely N-dealkylation sites (tertiary alicyclic amines) is 2. The number of hydrogen-bond donors (Lipinski definition) is 1. The van der Waals surface area contributed by atoms with E-state index in [2.05, 4.69) is 5.32 Å². The number of imide groups is 1. The van der Waals surface area contributed by atoms with Gasteiger partial charge in [-0.25, -0.2) is 4.79 Å². The summed E-state index contributed by atoms with van der Waals surface area (Å²) in [5.74, 6) is 0.300. The van der Waals surface area contributed by atoms with Gasteiger partial charge < -0.3 is 19.9 Å². The van der Waals surface area contributed by atoms with E-state index in [-0.39, 0.29) is 23.8 Å². The molecular weight excluding hydrogens is 412 g/mol. The maximum atomic E-state index is 13.4. The number of nitrogens with one attached hydrogen (secondary N) is 1. The van der Waals surface area contributed by atoms with Crippen molar-refractivity contribution >= 4 is 23.8 Å². The van der Waals surface area contributed by atoms with Crippen molar-refractivity contribution in [2.75, 3.05) is 33.3 Å². The monoisotopic (exact) mass is 442 g/mol. The van der Waals surface area contributed by atoms with Crippen LogP contribution < -0.4 is 10.1 Å². The van der Waals surface area contributed by atoms with Crippen molar-refractivity contribution < 1.29 is 23.9 Å². The van der Waals surface area contributed by atoms with Crippen molar-refractivity contribution in [1.82, 2.24) is 20.0 Å². The van der Waals surface area contributed by atoms with Crippen LogP contribution in [0.25, 0.3) is 0 Å². The Morgan fingerprint density at radius 1 is 1.16 bits per heavy atom. The van der Waals surface area contributed by atoms with Crippen molar-refractivity contribution in [3.8, 4) is 5.75 Å². The van der Waals surface area contributed by atoms with Gasteiger partial charge in [0.05, 0.1) is 13.2 Å². The lowest BCUT2D eigenvalue weighted by Gasteiger charge is -2.39. The second-order valence-corrected chi connectivity index (χ2v) is 8.70. The number of rotatable bonds is 4. The molecule has 0 aromatic heterocycles.